The first-order valence-corrected chi connectivity index (χ1v) is 8.14. The lowest BCUT2D eigenvalue weighted by atomic mass is 10.2. The summed E-state index contributed by atoms with van der Waals surface area (Å²) in [6.07, 6.45) is 2.35. The Hall–Kier alpha value is -2.70. The monoisotopic (exact) mass is 327 g/mol. The molecule has 2 aromatic rings. The molecule has 0 unspecified atom stereocenters. The first kappa shape index (κ1) is 16.2. The molecule has 1 saturated heterocycles. The number of aromatic amines is 1. The highest BCUT2D eigenvalue weighted by Crippen LogP contribution is 2.16. The van der Waals surface area contributed by atoms with E-state index in [2.05, 4.69) is 26.8 Å². The highest BCUT2D eigenvalue weighted by atomic mass is 16.2. The Morgan fingerprint density at radius 2 is 1.96 bits per heavy atom. The van der Waals surface area contributed by atoms with Gasteiger partial charge in [-0.2, -0.15) is 0 Å². The maximum Gasteiger partial charge on any atom is 0.255 e. The number of hydrogen-bond acceptors (Lipinski definition) is 5. The maximum absolute atomic E-state index is 12.5. The van der Waals surface area contributed by atoms with Crippen LogP contribution in [0, 0.1) is 6.92 Å². The molecule has 0 atom stereocenters. The number of amides is 1. The molecule has 0 radical (unpaired) electrons. The van der Waals surface area contributed by atoms with Gasteiger partial charge in [-0.05, 0) is 19.4 Å². The number of pyridine rings is 1. The van der Waals surface area contributed by atoms with Crippen molar-refractivity contribution >= 4 is 11.7 Å². The Morgan fingerprint density at radius 1 is 1.21 bits per heavy atom. The minimum absolute atomic E-state index is 0.0565. The Bertz CT molecular complexity index is 773. The molecule has 2 aromatic heterocycles. The van der Waals surface area contributed by atoms with E-state index in [0.29, 0.717) is 18.7 Å². The van der Waals surface area contributed by atoms with Crippen LogP contribution in [0.25, 0.3) is 0 Å². The van der Waals surface area contributed by atoms with Crippen LogP contribution in [0.15, 0.2) is 29.2 Å². The molecule has 1 aliphatic heterocycles. The Morgan fingerprint density at radius 3 is 2.58 bits per heavy atom. The molecule has 0 spiro atoms. The number of piperazine rings is 1. The molecule has 7 nitrogen and oxygen atoms in total. The molecule has 126 valence electrons. The molecule has 1 aliphatic rings. The second-order valence-corrected chi connectivity index (χ2v) is 5.84. The third-order valence-corrected chi connectivity index (χ3v) is 4.16. The fourth-order valence-corrected chi connectivity index (χ4v) is 2.82. The minimum atomic E-state index is -0.206. The summed E-state index contributed by atoms with van der Waals surface area (Å²) in [4.78, 5) is 39.0. The van der Waals surface area contributed by atoms with Gasteiger partial charge in [0.15, 0.2) is 0 Å². The van der Waals surface area contributed by atoms with Crippen LogP contribution in [0.3, 0.4) is 0 Å². The summed E-state index contributed by atoms with van der Waals surface area (Å²) in [7, 11) is 0. The molecule has 24 heavy (non-hydrogen) atoms. The molecule has 3 rings (SSSR count). The number of H-pyrrole nitrogens is 1. The van der Waals surface area contributed by atoms with Gasteiger partial charge in [-0.1, -0.05) is 6.92 Å². The zero-order valence-electron chi connectivity index (χ0n) is 14.0. The molecular weight excluding hydrogens is 306 g/mol. The van der Waals surface area contributed by atoms with Gasteiger partial charge in [0, 0.05) is 50.2 Å². The van der Waals surface area contributed by atoms with Crippen molar-refractivity contribution < 1.29 is 4.79 Å². The number of hydrogen-bond donors (Lipinski definition) is 1. The molecular formula is C17H21N5O2. The zero-order valence-corrected chi connectivity index (χ0v) is 14.0. The van der Waals surface area contributed by atoms with Gasteiger partial charge in [0.25, 0.3) is 5.91 Å². The number of rotatable bonds is 3. The van der Waals surface area contributed by atoms with E-state index >= 15 is 0 Å². The van der Waals surface area contributed by atoms with E-state index in [9.17, 15) is 9.59 Å². The number of aryl methyl sites for hydroxylation is 2. The van der Waals surface area contributed by atoms with Gasteiger partial charge in [0.1, 0.15) is 11.6 Å². The standard InChI is InChI=1S/C17H21N5O2/c1-3-14-10-15(20-12(2)19-14)21-6-8-22(9-7-21)17(24)13-4-5-16(23)18-11-13/h4-5,10-11H,3,6-9H2,1-2H3,(H,18,23). The van der Waals surface area contributed by atoms with Gasteiger partial charge in [0.2, 0.25) is 5.56 Å². The Balaban J connectivity index is 1.67. The molecule has 0 aliphatic carbocycles. The maximum atomic E-state index is 12.5. The molecule has 0 saturated carbocycles. The number of nitrogens with one attached hydrogen (secondary N) is 1. The minimum Gasteiger partial charge on any atom is -0.353 e. The summed E-state index contributed by atoms with van der Waals surface area (Å²) in [5.41, 5.74) is 1.33. The fraction of sp³-hybridized carbons (Fsp3) is 0.412. The van der Waals surface area contributed by atoms with E-state index in [1.54, 1.807) is 11.0 Å². The van der Waals surface area contributed by atoms with Crippen LogP contribution in [0.5, 0.6) is 0 Å². The SMILES string of the molecule is CCc1cc(N2CCN(C(=O)c3ccc(=O)[nH]c3)CC2)nc(C)n1. The summed E-state index contributed by atoms with van der Waals surface area (Å²) in [6.45, 7) is 6.69. The van der Waals surface area contributed by atoms with E-state index in [1.165, 1.54) is 12.3 Å². The van der Waals surface area contributed by atoms with Crippen molar-refractivity contribution in [1.82, 2.24) is 19.9 Å². The highest BCUT2D eigenvalue weighted by Gasteiger charge is 2.23. The topological polar surface area (TPSA) is 82.2 Å². The normalized spacial score (nSPS) is 14.8. The van der Waals surface area contributed by atoms with Crippen LogP contribution < -0.4 is 10.5 Å². The fourth-order valence-electron chi connectivity index (χ4n) is 2.82. The lowest BCUT2D eigenvalue weighted by molar-refractivity contribution is 0.0746. The summed E-state index contributed by atoms with van der Waals surface area (Å²) >= 11 is 0. The van der Waals surface area contributed by atoms with E-state index < -0.39 is 0 Å². The number of carbonyl (C=O) groups is 1. The average molecular weight is 327 g/mol. The zero-order chi connectivity index (χ0) is 17.1. The van der Waals surface area contributed by atoms with Crippen LogP contribution in [0.4, 0.5) is 5.82 Å². The number of anilines is 1. The van der Waals surface area contributed by atoms with Crippen molar-refractivity contribution in [3.63, 3.8) is 0 Å². The van der Waals surface area contributed by atoms with Crippen molar-refractivity contribution in [2.24, 2.45) is 0 Å². The van der Waals surface area contributed by atoms with Crippen LogP contribution in [-0.4, -0.2) is 51.9 Å². The summed E-state index contributed by atoms with van der Waals surface area (Å²) in [5.74, 6) is 1.64. The predicted molar refractivity (Wildman–Crippen MR) is 91.3 cm³/mol. The van der Waals surface area contributed by atoms with E-state index in [1.807, 2.05) is 13.0 Å². The molecule has 7 heteroatoms. The van der Waals surface area contributed by atoms with Crippen LogP contribution in [-0.2, 0) is 6.42 Å². The molecule has 1 fully saturated rings. The van der Waals surface area contributed by atoms with Crippen molar-refractivity contribution in [3.8, 4) is 0 Å². The van der Waals surface area contributed by atoms with Crippen molar-refractivity contribution in [2.45, 2.75) is 20.3 Å². The quantitative estimate of drug-likeness (QED) is 0.909. The predicted octanol–water partition coefficient (Wildman–Crippen LogP) is 0.998. The Kier molecular flexibility index (Phi) is 4.59. The largest absolute Gasteiger partial charge is 0.353 e. The summed E-state index contributed by atoms with van der Waals surface area (Å²) in [6, 6.07) is 4.96. The molecule has 1 amide bonds. The van der Waals surface area contributed by atoms with Gasteiger partial charge < -0.3 is 14.8 Å². The van der Waals surface area contributed by atoms with Crippen LogP contribution in [0.1, 0.15) is 28.8 Å². The second-order valence-electron chi connectivity index (χ2n) is 5.84. The molecule has 0 bridgehead atoms. The number of nitrogens with zero attached hydrogens (tertiary/aromatic N) is 4. The molecule has 3 heterocycles. The highest BCUT2D eigenvalue weighted by molar-refractivity contribution is 5.94. The Labute approximate surface area is 140 Å². The van der Waals surface area contributed by atoms with Crippen molar-refractivity contribution in [3.05, 3.63) is 51.8 Å². The summed E-state index contributed by atoms with van der Waals surface area (Å²) < 4.78 is 0. The van der Waals surface area contributed by atoms with Gasteiger partial charge in [-0.3, -0.25) is 9.59 Å². The van der Waals surface area contributed by atoms with E-state index in [-0.39, 0.29) is 11.5 Å². The van der Waals surface area contributed by atoms with Gasteiger partial charge in [-0.25, -0.2) is 9.97 Å². The van der Waals surface area contributed by atoms with Crippen molar-refractivity contribution in [2.75, 3.05) is 31.1 Å². The second kappa shape index (κ2) is 6.82. The van der Waals surface area contributed by atoms with Gasteiger partial charge in [-0.15, -0.1) is 0 Å². The van der Waals surface area contributed by atoms with Gasteiger partial charge in [0.05, 0.1) is 5.56 Å². The summed E-state index contributed by atoms with van der Waals surface area (Å²) in [5, 5.41) is 0. The lowest BCUT2D eigenvalue weighted by Gasteiger charge is -2.35. The van der Waals surface area contributed by atoms with Crippen LogP contribution >= 0.6 is 0 Å². The van der Waals surface area contributed by atoms with E-state index in [0.717, 1.165) is 36.8 Å². The van der Waals surface area contributed by atoms with E-state index in [4.69, 9.17) is 0 Å². The first-order valence-electron chi connectivity index (χ1n) is 8.14. The molecule has 1 N–H and O–H groups in total. The number of aromatic nitrogens is 3. The third kappa shape index (κ3) is 3.45. The van der Waals surface area contributed by atoms with Gasteiger partial charge >= 0.3 is 0 Å². The number of carbonyl (C=O) groups excluding carboxylic acids is 1. The average Bonchev–Trinajstić information content (AvgIpc) is 2.61. The third-order valence-electron chi connectivity index (χ3n) is 4.16. The molecule has 0 aromatic carbocycles. The smallest absolute Gasteiger partial charge is 0.255 e. The van der Waals surface area contributed by atoms with Crippen LogP contribution in [0.2, 0.25) is 0 Å². The lowest BCUT2D eigenvalue weighted by Crippen LogP contribution is -2.49. The van der Waals surface area contributed by atoms with Crippen molar-refractivity contribution in [1.29, 1.82) is 0 Å². The first-order chi connectivity index (χ1) is 11.6.